The van der Waals surface area contributed by atoms with E-state index in [-0.39, 0.29) is 11.5 Å². The first-order valence-corrected chi connectivity index (χ1v) is 10.8. The van der Waals surface area contributed by atoms with Crippen LogP contribution in [-0.2, 0) is 0 Å². The van der Waals surface area contributed by atoms with Crippen molar-refractivity contribution in [3.05, 3.63) is 106 Å². The van der Waals surface area contributed by atoms with Crippen LogP contribution in [0.4, 0.5) is 0 Å². The Labute approximate surface area is 190 Å². The number of fused-ring (bicyclic) bond motifs is 2. The van der Waals surface area contributed by atoms with E-state index in [2.05, 4.69) is 15.4 Å². The van der Waals surface area contributed by atoms with Crippen molar-refractivity contribution in [1.82, 2.24) is 24.5 Å². The predicted molar refractivity (Wildman–Crippen MR) is 128 cm³/mol. The van der Waals surface area contributed by atoms with Crippen LogP contribution in [-0.4, -0.2) is 25.1 Å². The number of nitrogens with zero attached hydrogens (tertiary/aromatic N) is 4. The van der Waals surface area contributed by atoms with Crippen LogP contribution in [0.15, 0.2) is 78.0 Å². The number of nitrogens with one attached hydrogen (secondary N) is 1. The van der Waals surface area contributed by atoms with Gasteiger partial charge >= 0.3 is 0 Å². The molecule has 3 heterocycles. The molecule has 5 rings (SSSR count). The van der Waals surface area contributed by atoms with Gasteiger partial charge in [0.05, 0.1) is 28.2 Å². The van der Waals surface area contributed by atoms with E-state index in [1.807, 2.05) is 68.4 Å². The van der Waals surface area contributed by atoms with Crippen LogP contribution in [0.25, 0.3) is 22.0 Å². The standard InChI is InChI=1S/C26H23N5O2/c1-16-8-7-9-19-14-22(31(26(33)23(16)19)20-10-5-4-6-11-20)17(2)28-25(32)24-18(3)29-30-15-27-13-12-21(24)30/h4-15,17H,1-3H3,(H,28,32)/t17-/m0/s1. The van der Waals surface area contributed by atoms with Gasteiger partial charge in [-0.15, -0.1) is 0 Å². The molecule has 0 aliphatic heterocycles. The van der Waals surface area contributed by atoms with Crippen LogP contribution in [0.2, 0.25) is 0 Å². The maximum atomic E-state index is 13.6. The third-order valence-corrected chi connectivity index (χ3v) is 5.93. The fraction of sp³-hybridized carbons (Fsp3) is 0.154. The summed E-state index contributed by atoms with van der Waals surface area (Å²) < 4.78 is 3.28. The Morgan fingerprint density at radius 1 is 1.03 bits per heavy atom. The van der Waals surface area contributed by atoms with Gasteiger partial charge in [-0.05, 0) is 56.0 Å². The third-order valence-electron chi connectivity index (χ3n) is 5.93. The maximum absolute atomic E-state index is 13.6. The Balaban J connectivity index is 1.64. The Morgan fingerprint density at radius 2 is 1.82 bits per heavy atom. The summed E-state index contributed by atoms with van der Waals surface area (Å²) in [6.45, 7) is 5.62. The molecule has 3 aromatic heterocycles. The van der Waals surface area contributed by atoms with Gasteiger partial charge in [-0.25, -0.2) is 9.50 Å². The third kappa shape index (κ3) is 3.47. The highest BCUT2D eigenvalue weighted by Crippen LogP contribution is 2.24. The lowest BCUT2D eigenvalue weighted by Gasteiger charge is -2.21. The number of hydrogen-bond donors (Lipinski definition) is 1. The second-order valence-corrected chi connectivity index (χ2v) is 8.15. The highest BCUT2D eigenvalue weighted by molar-refractivity contribution is 6.02. The number of benzene rings is 2. The molecular formula is C26H23N5O2. The molecule has 0 saturated heterocycles. The van der Waals surface area contributed by atoms with Crippen LogP contribution in [0.5, 0.6) is 0 Å². The number of pyridine rings is 1. The molecule has 33 heavy (non-hydrogen) atoms. The molecule has 0 saturated carbocycles. The lowest BCUT2D eigenvalue weighted by Crippen LogP contribution is -2.32. The van der Waals surface area contributed by atoms with E-state index in [1.165, 1.54) is 0 Å². The average Bonchev–Trinajstić information content (AvgIpc) is 3.15. The number of aryl methyl sites for hydroxylation is 2. The second-order valence-electron chi connectivity index (χ2n) is 8.15. The van der Waals surface area contributed by atoms with E-state index in [1.54, 1.807) is 34.6 Å². The first kappa shape index (κ1) is 20.6. The van der Waals surface area contributed by atoms with Crippen molar-refractivity contribution in [3.63, 3.8) is 0 Å². The molecular weight excluding hydrogens is 414 g/mol. The number of rotatable bonds is 4. The SMILES string of the molecule is Cc1nn2cnccc2c1C(=O)N[C@@H](C)c1cc2cccc(C)c2c(=O)n1-c1ccccc1. The summed E-state index contributed by atoms with van der Waals surface area (Å²) in [5, 5.41) is 8.98. The van der Waals surface area contributed by atoms with Gasteiger partial charge < -0.3 is 5.32 Å². The fourth-order valence-electron chi connectivity index (χ4n) is 4.37. The fourth-order valence-corrected chi connectivity index (χ4v) is 4.37. The highest BCUT2D eigenvalue weighted by atomic mass is 16.2. The van der Waals surface area contributed by atoms with Gasteiger partial charge in [-0.1, -0.05) is 36.4 Å². The first-order chi connectivity index (χ1) is 16.0. The summed E-state index contributed by atoms with van der Waals surface area (Å²) in [4.78, 5) is 31.0. The van der Waals surface area contributed by atoms with E-state index >= 15 is 0 Å². The summed E-state index contributed by atoms with van der Waals surface area (Å²) in [7, 11) is 0. The number of aromatic nitrogens is 4. The number of hydrogen-bond acceptors (Lipinski definition) is 4. The average molecular weight is 438 g/mol. The number of carbonyl (C=O) groups excluding carboxylic acids is 1. The minimum Gasteiger partial charge on any atom is -0.344 e. The summed E-state index contributed by atoms with van der Waals surface area (Å²) in [6, 6.07) is 18.6. The van der Waals surface area contributed by atoms with Crippen molar-refractivity contribution >= 4 is 22.2 Å². The lowest BCUT2D eigenvalue weighted by atomic mass is 10.0. The molecule has 7 heteroatoms. The minimum absolute atomic E-state index is 0.105. The Bertz CT molecular complexity index is 1570. The zero-order chi connectivity index (χ0) is 23.1. The van der Waals surface area contributed by atoms with E-state index in [9.17, 15) is 9.59 Å². The molecule has 2 aromatic carbocycles. The van der Waals surface area contributed by atoms with Gasteiger partial charge in [0.2, 0.25) is 0 Å². The molecule has 1 N–H and O–H groups in total. The van der Waals surface area contributed by atoms with Crippen LogP contribution in [0.3, 0.4) is 0 Å². The highest BCUT2D eigenvalue weighted by Gasteiger charge is 2.22. The van der Waals surface area contributed by atoms with Crippen LogP contribution in [0.1, 0.15) is 40.3 Å². The molecule has 1 atom stereocenters. The van der Waals surface area contributed by atoms with Gasteiger partial charge in [0.15, 0.2) is 0 Å². The molecule has 164 valence electrons. The van der Waals surface area contributed by atoms with Gasteiger partial charge in [0, 0.05) is 17.6 Å². The zero-order valence-electron chi connectivity index (χ0n) is 18.6. The minimum atomic E-state index is -0.438. The topological polar surface area (TPSA) is 81.3 Å². The first-order valence-electron chi connectivity index (χ1n) is 10.8. The van der Waals surface area contributed by atoms with Gasteiger partial charge in [0.25, 0.3) is 11.5 Å². The number of para-hydroxylation sites is 1. The normalized spacial score (nSPS) is 12.2. The molecule has 7 nitrogen and oxygen atoms in total. The van der Waals surface area contributed by atoms with E-state index in [0.29, 0.717) is 27.9 Å². The summed E-state index contributed by atoms with van der Waals surface area (Å²) in [6.07, 6.45) is 3.21. The monoisotopic (exact) mass is 437 g/mol. The van der Waals surface area contributed by atoms with Crippen molar-refractivity contribution in [2.75, 3.05) is 0 Å². The van der Waals surface area contributed by atoms with Crippen LogP contribution >= 0.6 is 0 Å². The molecule has 0 aliphatic carbocycles. The van der Waals surface area contributed by atoms with E-state index < -0.39 is 6.04 Å². The molecule has 1 amide bonds. The van der Waals surface area contributed by atoms with Crippen LogP contribution < -0.4 is 10.9 Å². The number of carbonyl (C=O) groups is 1. The zero-order valence-corrected chi connectivity index (χ0v) is 18.6. The molecule has 0 unspecified atom stereocenters. The van der Waals surface area contributed by atoms with Crippen molar-refractivity contribution in [3.8, 4) is 5.69 Å². The molecule has 0 fully saturated rings. The van der Waals surface area contributed by atoms with Crippen molar-refractivity contribution < 1.29 is 4.79 Å². The van der Waals surface area contributed by atoms with Crippen molar-refractivity contribution in [1.29, 1.82) is 0 Å². The quantitative estimate of drug-likeness (QED) is 0.458. The Morgan fingerprint density at radius 3 is 2.61 bits per heavy atom. The van der Waals surface area contributed by atoms with Gasteiger partial charge in [0.1, 0.15) is 6.33 Å². The second kappa shape index (κ2) is 8.02. The summed E-state index contributed by atoms with van der Waals surface area (Å²) >= 11 is 0. The Hall–Kier alpha value is -4.26. The Kier molecular flexibility index (Phi) is 5.01. The molecule has 5 aromatic rings. The van der Waals surface area contributed by atoms with Gasteiger partial charge in [-0.3, -0.25) is 14.2 Å². The maximum Gasteiger partial charge on any atom is 0.263 e. The van der Waals surface area contributed by atoms with E-state index in [4.69, 9.17) is 0 Å². The predicted octanol–water partition coefficient (Wildman–Crippen LogP) is 4.14. The summed E-state index contributed by atoms with van der Waals surface area (Å²) in [5.74, 6) is -0.252. The summed E-state index contributed by atoms with van der Waals surface area (Å²) in [5.41, 5.74) is 4.06. The molecule has 0 bridgehead atoms. The molecule has 0 radical (unpaired) electrons. The van der Waals surface area contributed by atoms with E-state index in [0.717, 1.165) is 16.6 Å². The molecule has 0 spiro atoms. The van der Waals surface area contributed by atoms with Crippen molar-refractivity contribution in [2.45, 2.75) is 26.8 Å². The molecule has 0 aliphatic rings. The van der Waals surface area contributed by atoms with Gasteiger partial charge in [-0.2, -0.15) is 5.10 Å². The van der Waals surface area contributed by atoms with Crippen molar-refractivity contribution in [2.24, 2.45) is 0 Å². The number of amides is 1. The lowest BCUT2D eigenvalue weighted by molar-refractivity contribution is 0.0939. The smallest absolute Gasteiger partial charge is 0.263 e. The largest absolute Gasteiger partial charge is 0.344 e. The van der Waals surface area contributed by atoms with Crippen LogP contribution in [0, 0.1) is 13.8 Å².